The predicted octanol–water partition coefficient (Wildman–Crippen LogP) is 2.65. The molecule has 1 saturated carbocycles. The molecule has 2 N–H and O–H groups in total. The summed E-state index contributed by atoms with van der Waals surface area (Å²) >= 11 is 0. The standard InChI is InChI=1S/C16H25N3/c1-12(14-7-2-3-10-17-14)19-16-8-4-6-13(16)15-9-5-11-18-15/h2-3,7,10,12-13,15-16,18-19H,4-6,8-9,11H2,1H3/t12-,13?,15?,16?/m1/s1. The van der Waals surface area contributed by atoms with Crippen LogP contribution in [0.3, 0.4) is 0 Å². The van der Waals surface area contributed by atoms with Crippen LogP contribution in [0.15, 0.2) is 24.4 Å². The zero-order valence-corrected chi connectivity index (χ0v) is 11.8. The first kappa shape index (κ1) is 13.1. The van der Waals surface area contributed by atoms with Crippen molar-refractivity contribution in [3.63, 3.8) is 0 Å². The van der Waals surface area contributed by atoms with Crippen molar-refractivity contribution in [2.75, 3.05) is 6.54 Å². The van der Waals surface area contributed by atoms with E-state index >= 15 is 0 Å². The molecule has 0 aromatic carbocycles. The number of nitrogens with one attached hydrogen (secondary N) is 2. The van der Waals surface area contributed by atoms with Gasteiger partial charge in [0, 0.05) is 24.3 Å². The van der Waals surface area contributed by atoms with E-state index in [2.05, 4.69) is 34.7 Å². The summed E-state index contributed by atoms with van der Waals surface area (Å²) < 4.78 is 0. The quantitative estimate of drug-likeness (QED) is 0.873. The van der Waals surface area contributed by atoms with Crippen LogP contribution in [0.2, 0.25) is 0 Å². The van der Waals surface area contributed by atoms with Crippen LogP contribution >= 0.6 is 0 Å². The highest BCUT2D eigenvalue weighted by Crippen LogP contribution is 2.33. The average Bonchev–Trinajstić information content (AvgIpc) is 3.10. The molecule has 104 valence electrons. The van der Waals surface area contributed by atoms with Gasteiger partial charge in [0.1, 0.15) is 0 Å². The fourth-order valence-electron chi connectivity index (χ4n) is 3.79. The minimum atomic E-state index is 0.355. The second kappa shape index (κ2) is 6.02. The van der Waals surface area contributed by atoms with Crippen LogP contribution in [0.4, 0.5) is 0 Å². The van der Waals surface area contributed by atoms with Crippen molar-refractivity contribution in [2.45, 2.75) is 57.2 Å². The lowest BCUT2D eigenvalue weighted by Gasteiger charge is -2.29. The van der Waals surface area contributed by atoms with Crippen LogP contribution < -0.4 is 10.6 Å². The second-order valence-corrected chi connectivity index (χ2v) is 6.05. The highest BCUT2D eigenvalue weighted by molar-refractivity contribution is 5.08. The molecule has 2 fully saturated rings. The Bertz CT molecular complexity index is 386. The van der Waals surface area contributed by atoms with Gasteiger partial charge >= 0.3 is 0 Å². The van der Waals surface area contributed by atoms with E-state index in [0.29, 0.717) is 12.1 Å². The molecule has 2 heterocycles. The van der Waals surface area contributed by atoms with Gasteiger partial charge in [-0.25, -0.2) is 0 Å². The van der Waals surface area contributed by atoms with Crippen molar-refractivity contribution in [1.82, 2.24) is 15.6 Å². The topological polar surface area (TPSA) is 37.0 Å². The minimum Gasteiger partial charge on any atom is -0.314 e. The number of nitrogens with zero attached hydrogens (tertiary/aromatic N) is 1. The molecular weight excluding hydrogens is 234 g/mol. The van der Waals surface area contributed by atoms with E-state index in [4.69, 9.17) is 0 Å². The highest BCUT2D eigenvalue weighted by Gasteiger charge is 2.35. The average molecular weight is 259 g/mol. The lowest BCUT2D eigenvalue weighted by atomic mass is 9.92. The van der Waals surface area contributed by atoms with Gasteiger partial charge in [-0.1, -0.05) is 12.5 Å². The normalized spacial score (nSPS) is 32.6. The Balaban J connectivity index is 1.62. The smallest absolute Gasteiger partial charge is 0.0570 e. The molecule has 1 aromatic heterocycles. The molecule has 4 atom stereocenters. The summed E-state index contributed by atoms with van der Waals surface area (Å²) in [7, 11) is 0. The third-order valence-electron chi connectivity index (χ3n) is 4.78. The Hall–Kier alpha value is -0.930. The summed E-state index contributed by atoms with van der Waals surface area (Å²) in [6, 6.07) is 7.94. The van der Waals surface area contributed by atoms with E-state index in [1.165, 1.54) is 38.6 Å². The summed E-state index contributed by atoms with van der Waals surface area (Å²) in [5, 5.41) is 7.51. The molecule has 3 rings (SSSR count). The molecule has 0 radical (unpaired) electrons. The van der Waals surface area contributed by atoms with Gasteiger partial charge in [0.05, 0.1) is 5.69 Å². The third-order valence-corrected chi connectivity index (χ3v) is 4.78. The Morgan fingerprint density at radius 2 is 2.21 bits per heavy atom. The molecule has 0 amide bonds. The molecule has 1 aliphatic heterocycles. The van der Waals surface area contributed by atoms with Gasteiger partial charge in [-0.15, -0.1) is 0 Å². The van der Waals surface area contributed by atoms with Crippen molar-refractivity contribution in [2.24, 2.45) is 5.92 Å². The Kier molecular flexibility index (Phi) is 4.14. The highest BCUT2D eigenvalue weighted by atomic mass is 15.0. The number of hydrogen-bond acceptors (Lipinski definition) is 3. The first-order chi connectivity index (χ1) is 9.34. The first-order valence-electron chi connectivity index (χ1n) is 7.75. The van der Waals surface area contributed by atoms with E-state index < -0.39 is 0 Å². The van der Waals surface area contributed by atoms with E-state index in [9.17, 15) is 0 Å². The number of rotatable bonds is 4. The Labute approximate surface area is 116 Å². The summed E-state index contributed by atoms with van der Waals surface area (Å²) in [4.78, 5) is 4.47. The fourth-order valence-corrected chi connectivity index (χ4v) is 3.79. The summed E-state index contributed by atoms with van der Waals surface area (Å²) in [5.41, 5.74) is 1.16. The van der Waals surface area contributed by atoms with Gasteiger partial charge < -0.3 is 10.6 Å². The van der Waals surface area contributed by atoms with E-state index in [-0.39, 0.29) is 0 Å². The van der Waals surface area contributed by atoms with Crippen LogP contribution in [0.25, 0.3) is 0 Å². The summed E-state index contributed by atoms with van der Waals surface area (Å²) in [5.74, 6) is 0.814. The van der Waals surface area contributed by atoms with E-state index in [1.54, 1.807) is 0 Å². The van der Waals surface area contributed by atoms with Gasteiger partial charge in [-0.05, 0) is 57.2 Å². The number of hydrogen-bond donors (Lipinski definition) is 2. The van der Waals surface area contributed by atoms with Crippen molar-refractivity contribution in [3.05, 3.63) is 30.1 Å². The molecule has 0 bridgehead atoms. The molecule has 3 unspecified atom stereocenters. The molecule has 0 spiro atoms. The molecule has 19 heavy (non-hydrogen) atoms. The van der Waals surface area contributed by atoms with Crippen LogP contribution in [0.5, 0.6) is 0 Å². The fraction of sp³-hybridized carbons (Fsp3) is 0.688. The number of pyridine rings is 1. The maximum absolute atomic E-state index is 4.47. The van der Waals surface area contributed by atoms with Crippen LogP contribution in [-0.2, 0) is 0 Å². The molecule has 2 aliphatic rings. The predicted molar refractivity (Wildman–Crippen MR) is 77.9 cm³/mol. The molecular formula is C16H25N3. The van der Waals surface area contributed by atoms with Crippen LogP contribution in [-0.4, -0.2) is 23.6 Å². The van der Waals surface area contributed by atoms with Crippen LogP contribution in [0, 0.1) is 5.92 Å². The monoisotopic (exact) mass is 259 g/mol. The lowest BCUT2D eigenvalue weighted by Crippen LogP contribution is -2.43. The second-order valence-electron chi connectivity index (χ2n) is 6.05. The molecule has 3 nitrogen and oxygen atoms in total. The molecule has 1 aromatic rings. The van der Waals surface area contributed by atoms with Crippen molar-refractivity contribution < 1.29 is 0 Å². The number of aromatic nitrogens is 1. The maximum Gasteiger partial charge on any atom is 0.0570 e. The molecule has 1 saturated heterocycles. The van der Waals surface area contributed by atoms with Gasteiger partial charge in [-0.2, -0.15) is 0 Å². The van der Waals surface area contributed by atoms with Gasteiger partial charge in [-0.3, -0.25) is 4.98 Å². The third kappa shape index (κ3) is 2.98. The largest absolute Gasteiger partial charge is 0.314 e. The Morgan fingerprint density at radius 3 is 2.95 bits per heavy atom. The van der Waals surface area contributed by atoms with Gasteiger partial charge in [0.25, 0.3) is 0 Å². The molecule has 1 aliphatic carbocycles. The maximum atomic E-state index is 4.47. The lowest BCUT2D eigenvalue weighted by molar-refractivity contribution is 0.302. The molecule has 3 heteroatoms. The SMILES string of the molecule is C[C@@H](NC1CCCC1C1CCCN1)c1ccccn1. The van der Waals surface area contributed by atoms with E-state index in [1.807, 2.05) is 12.3 Å². The zero-order chi connectivity index (χ0) is 13.1. The van der Waals surface area contributed by atoms with Gasteiger partial charge in [0.2, 0.25) is 0 Å². The first-order valence-corrected chi connectivity index (χ1v) is 7.75. The summed E-state index contributed by atoms with van der Waals surface area (Å²) in [6.45, 7) is 3.45. The minimum absolute atomic E-state index is 0.355. The summed E-state index contributed by atoms with van der Waals surface area (Å²) in [6.07, 6.45) is 8.67. The zero-order valence-electron chi connectivity index (χ0n) is 11.8. The van der Waals surface area contributed by atoms with Crippen LogP contribution in [0.1, 0.15) is 50.8 Å². The van der Waals surface area contributed by atoms with Gasteiger partial charge in [0.15, 0.2) is 0 Å². The van der Waals surface area contributed by atoms with Crippen molar-refractivity contribution in [1.29, 1.82) is 0 Å². The van der Waals surface area contributed by atoms with Crippen molar-refractivity contribution in [3.8, 4) is 0 Å². The van der Waals surface area contributed by atoms with Crippen molar-refractivity contribution >= 4 is 0 Å². The Morgan fingerprint density at radius 1 is 1.26 bits per heavy atom. The van der Waals surface area contributed by atoms with E-state index in [0.717, 1.165) is 17.7 Å².